The Bertz CT molecular complexity index is 1060. The maximum atomic E-state index is 6.58. The van der Waals surface area contributed by atoms with Crippen molar-refractivity contribution in [1.82, 2.24) is 15.0 Å². The molecule has 7 nitrogen and oxygen atoms in total. The minimum absolute atomic E-state index is 0.211. The fraction of sp³-hybridized carbons (Fsp3) is 0.350. The molecule has 0 atom stereocenters. The Kier molecular flexibility index (Phi) is 6.34. The summed E-state index contributed by atoms with van der Waals surface area (Å²) in [5.74, 6) is 1.77. The average Bonchev–Trinajstić information content (AvgIpc) is 2.75. The van der Waals surface area contributed by atoms with Crippen LogP contribution in [0.15, 0.2) is 18.3 Å². The van der Waals surface area contributed by atoms with Gasteiger partial charge in [-0.2, -0.15) is 0 Å². The van der Waals surface area contributed by atoms with Gasteiger partial charge in [0.1, 0.15) is 22.5 Å². The Hall–Kier alpha value is -2.06. The van der Waals surface area contributed by atoms with Crippen molar-refractivity contribution in [2.75, 3.05) is 32.8 Å². The molecule has 0 spiro atoms. The van der Waals surface area contributed by atoms with Crippen LogP contribution >= 0.6 is 34.8 Å². The zero-order chi connectivity index (χ0) is 21.3. The molecule has 3 aromatic rings. The molecule has 2 aromatic heterocycles. The summed E-state index contributed by atoms with van der Waals surface area (Å²) >= 11 is 19.3. The van der Waals surface area contributed by atoms with E-state index in [4.69, 9.17) is 54.0 Å². The summed E-state index contributed by atoms with van der Waals surface area (Å²) < 4.78 is 16.2. The van der Waals surface area contributed by atoms with Crippen LogP contribution in [-0.4, -0.2) is 48.4 Å². The number of pyridine rings is 1. The number of aromatic nitrogens is 3. The molecule has 0 radical (unpaired) electrons. The van der Waals surface area contributed by atoms with E-state index in [0.29, 0.717) is 62.6 Å². The zero-order valence-electron chi connectivity index (χ0n) is 16.3. The van der Waals surface area contributed by atoms with Crippen LogP contribution in [0.2, 0.25) is 15.2 Å². The first-order chi connectivity index (χ1) is 14.5. The number of anilines is 1. The van der Waals surface area contributed by atoms with Crippen LogP contribution in [0.5, 0.6) is 11.5 Å². The number of hydrogen-bond acceptors (Lipinski definition) is 7. The van der Waals surface area contributed by atoms with E-state index in [1.165, 1.54) is 14.2 Å². The summed E-state index contributed by atoms with van der Waals surface area (Å²) in [7, 11) is 3.03. The van der Waals surface area contributed by atoms with Crippen LogP contribution in [0, 0.1) is 0 Å². The highest BCUT2D eigenvalue weighted by atomic mass is 35.5. The van der Waals surface area contributed by atoms with E-state index in [0.717, 1.165) is 18.2 Å². The minimum Gasteiger partial charge on any atom is -0.495 e. The molecule has 0 unspecified atom stereocenters. The lowest BCUT2D eigenvalue weighted by molar-refractivity contribution is 0.0904. The summed E-state index contributed by atoms with van der Waals surface area (Å²) in [4.78, 5) is 13.5. The van der Waals surface area contributed by atoms with Crippen LogP contribution < -0.4 is 14.8 Å². The maximum absolute atomic E-state index is 6.58. The lowest BCUT2D eigenvalue weighted by Gasteiger charge is -2.24. The average molecular weight is 470 g/mol. The van der Waals surface area contributed by atoms with E-state index in [1.807, 2.05) is 0 Å². The van der Waals surface area contributed by atoms with E-state index < -0.39 is 0 Å². The normalized spacial score (nSPS) is 14.7. The molecular weight excluding hydrogens is 451 g/mol. The van der Waals surface area contributed by atoms with Gasteiger partial charge in [0.05, 0.1) is 41.5 Å². The van der Waals surface area contributed by atoms with Crippen molar-refractivity contribution < 1.29 is 14.2 Å². The molecule has 1 fully saturated rings. The van der Waals surface area contributed by atoms with Crippen molar-refractivity contribution >= 4 is 51.5 Å². The largest absolute Gasteiger partial charge is 0.495 e. The lowest BCUT2D eigenvalue weighted by Crippen LogP contribution is -2.28. The van der Waals surface area contributed by atoms with Gasteiger partial charge in [-0.1, -0.05) is 34.8 Å². The highest BCUT2D eigenvalue weighted by molar-refractivity contribution is 6.41. The molecule has 30 heavy (non-hydrogen) atoms. The molecule has 1 saturated heterocycles. The number of fused-ring (bicyclic) bond motifs is 1. The summed E-state index contributed by atoms with van der Waals surface area (Å²) in [5.41, 5.74) is 1.02. The van der Waals surface area contributed by atoms with Gasteiger partial charge in [0.15, 0.2) is 5.82 Å². The van der Waals surface area contributed by atoms with Crippen LogP contribution in [0.4, 0.5) is 5.82 Å². The van der Waals surface area contributed by atoms with E-state index in [2.05, 4.69) is 15.3 Å². The second-order valence-corrected chi connectivity index (χ2v) is 7.88. The molecular formula is C20H19Cl3N4O3. The Balaban J connectivity index is 1.91. The SMILES string of the molecule is COc1cc(OC)c(Cl)c(-c2nc(NC3CCOCC3)c3cc(Cl)ncc3n2)c1Cl. The van der Waals surface area contributed by atoms with Gasteiger partial charge < -0.3 is 19.5 Å². The number of hydrogen-bond donors (Lipinski definition) is 1. The summed E-state index contributed by atoms with van der Waals surface area (Å²) in [6.45, 7) is 1.39. The molecule has 0 bridgehead atoms. The number of methoxy groups -OCH3 is 2. The Morgan fingerprint density at radius 2 is 1.67 bits per heavy atom. The number of ether oxygens (including phenoxy) is 3. The Labute approximate surface area is 188 Å². The third kappa shape index (κ3) is 4.07. The summed E-state index contributed by atoms with van der Waals surface area (Å²) in [6.07, 6.45) is 3.33. The molecule has 158 valence electrons. The van der Waals surface area contributed by atoms with Crippen LogP contribution in [0.1, 0.15) is 12.8 Å². The third-order valence-corrected chi connectivity index (χ3v) is 5.87. The molecule has 0 saturated carbocycles. The quantitative estimate of drug-likeness (QED) is 0.511. The molecule has 0 aliphatic carbocycles. The van der Waals surface area contributed by atoms with Gasteiger partial charge >= 0.3 is 0 Å². The number of rotatable bonds is 5. The fourth-order valence-electron chi connectivity index (χ4n) is 3.35. The van der Waals surface area contributed by atoms with Gasteiger partial charge in [0, 0.05) is 30.7 Å². The Morgan fingerprint density at radius 3 is 2.30 bits per heavy atom. The molecule has 1 aliphatic heterocycles. The van der Waals surface area contributed by atoms with Gasteiger partial charge in [-0.25, -0.2) is 15.0 Å². The molecule has 1 aromatic carbocycles. The van der Waals surface area contributed by atoms with Gasteiger partial charge in [0.2, 0.25) is 0 Å². The van der Waals surface area contributed by atoms with Crippen molar-refractivity contribution in [2.45, 2.75) is 18.9 Å². The van der Waals surface area contributed by atoms with Crippen molar-refractivity contribution in [3.05, 3.63) is 33.5 Å². The summed E-state index contributed by atoms with van der Waals surface area (Å²) in [6, 6.07) is 3.57. The number of nitrogens with one attached hydrogen (secondary N) is 1. The molecule has 10 heteroatoms. The zero-order valence-corrected chi connectivity index (χ0v) is 18.6. The first-order valence-corrected chi connectivity index (χ1v) is 10.4. The predicted octanol–water partition coefficient (Wildman–Crippen LogP) is 5.26. The number of halogens is 3. The van der Waals surface area contributed by atoms with Crippen molar-refractivity contribution in [2.24, 2.45) is 0 Å². The molecule has 0 amide bonds. The second-order valence-electron chi connectivity index (χ2n) is 6.74. The van der Waals surface area contributed by atoms with Crippen molar-refractivity contribution in [3.63, 3.8) is 0 Å². The summed E-state index contributed by atoms with van der Waals surface area (Å²) in [5, 5.41) is 5.19. The first kappa shape index (κ1) is 21.2. The van der Waals surface area contributed by atoms with Crippen molar-refractivity contribution in [3.8, 4) is 22.9 Å². The topological polar surface area (TPSA) is 78.4 Å². The van der Waals surface area contributed by atoms with E-state index in [9.17, 15) is 0 Å². The monoisotopic (exact) mass is 468 g/mol. The predicted molar refractivity (Wildman–Crippen MR) is 118 cm³/mol. The Morgan fingerprint density at radius 1 is 1.00 bits per heavy atom. The van der Waals surface area contributed by atoms with Gasteiger partial charge in [0.25, 0.3) is 0 Å². The highest BCUT2D eigenvalue weighted by Crippen LogP contribution is 2.45. The smallest absolute Gasteiger partial charge is 0.165 e. The molecule has 1 aliphatic rings. The molecule has 3 heterocycles. The molecule has 4 rings (SSSR count). The number of benzene rings is 1. The maximum Gasteiger partial charge on any atom is 0.165 e. The fourth-order valence-corrected chi connectivity index (χ4v) is 4.17. The van der Waals surface area contributed by atoms with Crippen LogP contribution in [-0.2, 0) is 4.74 Å². The molecule has 1 N–H and O–H groups in total. The minimum atomic E-state index is 0.211. The van der Waals surface area contributed by atoms with Gasteiger partial charge in [-0.05, 0) is 18.9 Å². The third-order valence-electron chi connectivity index (χ3n) is 4.91. The first-order valence-electron chi connectivity index (χ1n) is 9.29. The van der Waals surface area contributed by atoms with Gasteiger partial charge in [-0.15, -0.1) is 0 Å². The van der Waals surface area contributed by atoms with E-state index in [-0.39, 0.29) is 6.04 Å². The van der Waals surface area contributed by atoms with E-state index in [1.54, 1.807) is 18.3 Å². The van der Waals surface area contributed by atoms with E-state index >= 15 is 0 Å². The highest BCUT2D eigenvalue weighted by Gasteiger charge is 2.23. The standard InChI is InChI=1S/C20H19Cl3N4O3/c1-28-13-8-14(29-2)18(23)16(17(13)22)20-26-12-9-24-15(21)7-11(12)19(27-20)25-10-3-5-30-6-4-10/h7-10H,3-6H2,1-2H3,(H,25,26,27). The second kappa shape index (κ2) is 8.98. The van der Waals surface area contributed by atoms with Crippen LogP contribution in [0.25, 0.3) is 22.3 Å². The number of nitrogens with zero attached hydrogens (tertiary/aromatic N) is 3. The van der Waals surface area contributed by atoms with Crippen LogP contribution in [0.3, 0.4) is 0 Å². The van der Waals surface area contributed by atoms with Gasteiger partial charge in [-0.3, -0.25) is 0 Å². The lowest BCUT2D eigenvalue weighted by atomic mass is 10.1. The van der Waals surface area contributed by atoms with Crippen molar-refractivity contribution in [1.29, 1.82) is 0 Å².